The summed E-state index contributed by atoms with van der Waals surface area (Å²) in [6, 6.07) is 0. The van der Waals surface area contributed by atoms with Crippen LogP contribution in [0.25, 0.3) is 0 Å². The van der Waals surface area contributed by atoms with Gasteiger partial charge >= 0.3 is 6.09 Å². The molecule has 0 aliphatic carbocycles. The van der Waals surface area contributed by atoms with E-state index >= 15 is 0 Å². The molecule has 0 saturated carbocycles. The zero-order valence-electron chi connectivity index (χ0n) is 18.6. The van der Waals surface area contributed by atoms with Crippen LogP contribution in [-0.2, 0) is 11.3 Å². The van der Waals surface area contributed by atoms with Crippen LogP contribution < -0.4 is 20.7 Å². The number of amides is 1. The van der Waals surface area contributed by atoms with Crippen molar-refractivity contribution in [1.29, 1.82) is 0 Å². The van der Waals surface area contributed by atoms with Gasteiger partial charge in [-0.1, -0.05) is 0 Å². The maximum atomic E-state index is 12.0. The molecule has 8 nitrogen and oxygen atoms in total. The Labute approximate surface area is 168 Å². The van der Waals surface area contributed by atoms with Gasteiger partial charge < -0.3 is 25.4 Å². The molecule has 8 heteroatoms. The average Bonchev–Trinajstić information content (AvgIpc) is 2.54. The number of guanidine groups is 1. The number of pyridine rings is 1. The first-order chi connectivity index (χ1) is 12.9. The number of carbonyl (C=O) groups excluding carboxylic acids is 1. The van der Waals surface area contributed by atoms with Crippen LogP contribution in [0.2, 0.25) is 0 Å². The second kappa shape index (κ2) is 9.61. The summed E-state index contributed by atoms with van der Waals surface area (Å²) in [5.41, 5.74) is 1.82. The molecule has 1 aromatic rings. The van der Waals surface area contributed by atoms with E-state index < -0.39 is 17.2 Å². The van der Waals surface area contributed by atoms with Gasteiger partial charge in [0.25, 0.3) is 0 Å². The minimum Gasteiger partial charge on any atom is -0.496 e. The minimum atomic E-state index is -0.537. The summed E-state index contributed by atoms with van der Waals surface area (Å²) in [6.45, 7) is 14.2. The molecule has 0 aromatic carbocycles. The molecule has 0 aliphatic rings. The number of hydrogen-bond donors (Lipinski definition) is 3. The van der Waals surface area contributed by atoms with Crippen molar-refractivity contribution in [3.63, 3.8) is 0 Å². The lowest BCUT2D eigenvalue weighted by Crippen LogP contribution is -2.54. The van der Waals surface area contributed by atoms with E-state index in [0.717, 1.165) is 22.6 Å². The van der Waals surface area contributed by atoms with E-state index in [0.29, 0.717) is 19.0 Å². The molecule has 0 bridgehead atoms. The van der Waals surface area contributed by atoms with Crippen LogP contribution in [0.4, 0.5) is 4.79 Å². The Hall–Kier alpha value is -2.51. The molecule has 0 fully saturated rings. The van der Waals surface area contributed by atoms with Crippen molar-refractivity contribution in [2.24, 2.45) is 4.99 Å². The number of carbonyl (C=O) groups is 1. The fourth-order valence-electron chi connectivity index (χ4n) is 2.57. The van der Waals surface area contributed by atoms with Crippen molar-refractivity contribution in [2.45, 2.75) is 66.2 Å². The maximum Gasteiger partial charge on any atom is 0.408 e. The second-order valence-corrected chi connectivity index (χ2v) is 8.34. The highest BCUT2D eigenvalue weighted by Gasteiger charge is 2.24. The molecule has 3 N–H and O–H groups in total. The summed E-state index contributed by atoms with van der Waals surface area (Å²) in [4.78, 5) is 20.7. The number of alkyl carbamates (subject to hydrolysis) is 1. The lowest BCUT2D eigenvalue weighted by molar-refractivity contribution is 0.0474. The van der Waals surface area contributed by atoms with Gasteiger partial charge in [-0.15, -0.1) is 0 Å². The number of nitrogens with one attached hydrogen (secondary N) is 3. The predicted octanol–water partition coefficient (Wildman–Crippen LogP) is 2.68. The number of hydrogen-bond acceptors (Lipinski definition) is 5. The maximum absolute atomic E-state index is 12.0. The molecule has 1 heterocycles. The van der Waals surface area contributed by atoms with Gasteiger partial charge in [0, 0.05) is 30.9 Å². The van der Waals surface area contributed by atoms with Gasteiger partial charge in [-0.05, 0) is 48.5 Å². The van der Waals surface area contributed by atoms with Gasteiger partial charge in [-0.25, -0.2) is 4.79 Å². The third kappa shape index (κ3) is 7.62. The summed E-state index contributed by atoms with van der Waals surface area (Å²) in [6.07, 6.45) is 1.35. The Balaban J connectivity index is 2.63. The zero-order valence-corrected chi connectivity index (χ0v) is 18.6. The standard InChI is InChI=1S/C20H35N5O3/c1-13-10-22-15(14(2)16(13)27-9)11-23-17(21-8)24-12-20(6,7)25-18(26)28-19(3,4)5/h10H,11-12H2,1-9H3,(H,25,26)(H2,21,23,24). The number of ether oxygens (including phenoxy) is 2. The van der Waals surface area contributed by atoms with Crippen LogP contribution in [-0.4, -0.2) is 48.9 Å². The van der Waals surface area contributed by atoms with E-state index in [2.05, 4.69) is 25.9 Å². The van der Waals surface area contributed by atoms with Crippen molar-refractivity contribution in [1.82, 2.24) is 20.9 Å². The second-order valence-electron chi connectivity index (χ2n) is 8.34. The monoisotopic (exact) mass is 393 g/mol. The molecule has 1 aromatic heterocycles. The topological polar surface area (TPSA) is 96.9 Å². The number of aryl methyl sites for hydroxylation is 1. The molecule has 1 rings (SSSR count). The van der Waals surface area contributed by atoms with E-state index in [1.165, 1.54) is 0 Å². The van der Waals surface area contributed by atoms with E-state index in [-0.39, 0.29) is 0 Å². The van der Waals surface area contributed by atoms with Crippen LogP contribution in [0.1, 0.15) is 51.4 Å². The Morgan fingerprint density at radius 3 is 2.36 bits per heavy atom. The molecule has 158 valence electrons. The van der Waals surface area contributed by atoms with Gasteiger partial charge in [0.1, 0.15) is 11.4 Å². The molecular weight excluding hydrogens is 358 g/mol. The molecule has 0 spiro atoms. The molecular formula is C20H35N5O3. The summed E-state index contributed by atoms with van der Waals surface area (Å²) >= 11 is 0. The van der Waals surface area contributed by atoms with Crippen molar-refractivity contribution >= 4 is 12.1 Å². The van der Waals surface area contributed by atoms with Crippen LogP contribution in [0.5, 0.6) is 5.75 Å². The van der Waals surface area contributed by atoms with Crippen molar-refractivity contribution in [3.05, 3.63) is 23.0 Å². The van der Waals surface area contributed by atoms with Crippen molar-refractivity contribution in [3.8, 4) is 5.75 Å². The highest BCUT2D eigenvalue weighted by atomic mass is 16.6. The normalized spacial score (nSPS) is 12.4. The van der Waals surface area contributed by atoms with Crippen LogP contribution in [0, 0.1) is 13.8 Å². The fourth-order valence-corrected chi connectivity index (χ4v) is 2.57. The molecule has 0 unspecified atom stereocenters. The Morgan fingerprint density at radius 2 is 1.82 bits per heavy atom. The van der Waals surface area contributed by atoms with Crippen molar-refractivity contribution in [2.75, 3.05) is 20.7 Å². The Bertz CT molecular complexity index is 709. The van der Waals surface area contributed by atoms with Crippen LogP contribution in [0.3, 0.4) is 0 Å². The fraction of sp³-hybridized carbons (Fsp3) is 0.650. The van der Waals surface area contributed by atoms with E-state index in [1.807, 2.05) is 48.5 Å². The largest absolute Gasteiger partial charge is 0.496 e. The van der Waals surface area contributed by atoms with Crippen LogP contribution in [0.15, 0.2) is 11.2 Å². The quantitative estimate of drug-likeness (QED) is 0.508. The summed E-state index contributed by atoms with van der Waals surface area (Å²) < 4.78 is 10.8. The molecule has 0 atom stereocenters. The SMILES string of the molecule is CN=C(NCc1ncc(C)c(OC)c1C)NCC(C)(C)NC(=O)OC(C)(C)C. The first-order valence-corrected chi connectivity index (χ1v) is 9.33. The highest BCUT2D eigenvalue weighted by Crippen LogP contribution is 2.23. The van der Waals surface area contributed by atoms with E-state index in [9.17, 15) is 4.79 Å². The molecule has 0 radical (unpaired) electrons. The predicted molar refractivity (Wildman–Crippen MR) is 112 cm³/mol. The first-order valence-electron chi connectivity index (χ1n) is 9.33. The van der Waals surface area contributed by atoms with Gasteiger partial charge in [0.2, 0.25) is 0 Å². The molecule has 1 amide bonds. The highest BCUT2D eigenvalue weighted by molar-refractivity contribution is 5.79. The minimum absolute atomic E-state index is 0.450. The number of nitrogens with zero attached hydrogens (tertiary/aromatic N) is 2. The van der Waals surface area contributed by atoms with Gasteiger partial charge in [-0.2, -0.15) is 0 Å². The average molecular weight is 394 g/mol. The Kier molecular flexibility index (Phi) is 8.08. The molecule has 0 aliphatic heterocycles. The summed E-state index contributed by atoms with van der Waals surface area (Å²) in [5, 5.41) is 9.32. The lowest BCUT2D eigenvalue weighted by atomic mass is 10.1. The number of aromatic nitrogens is 1. The van der Waals surface area contributed by atoms with Crippen molar-refractivity contribution < 1.29 is 14.3 Å². The van der Waals surface area contributed by atoms with Crippen LogP contribution >= 0.6 is 0 Å². The van der Waals surface area contributed by atoms with Gasteiger partial charge in [0.15, 0.2) is 5.96 Å². The van der Waals surface area contributed by atoms with Gasteiger partial charge in [-0.3, -0.25) is 9.98 Å². The van der Waals surface area contributed by atoms with Gasteiger partial charge in [0.05, 0.1) is 24.9 Å². The van der Waals surface area contributed by atoms with E-state index in [1.54, 1.807) is 20.4 Å². The number of methoxy groups -OCH3 is 1. The summed E-state index contributed by atoms with van der Waals surface area (Å²) in [5.74, 6) is 1.46. The third-order valence-corrected chi connectivity index (χ3v) is 3.93. The number of aliphatic imine (C=N–C) groups is 1. The molecule has 28 heavy (non-hydrogen) atoms. The number of rotatable bonds is 6. The van der Waals surface area contributed by atoms with E-state index in [4.69, 9.17) is 9.47 Å². The zero-order chi connectivity index (χ0) is 21.5. The Morgan fingerprint density at radius 1 is 1.18 bits per heavy atom. The molecule has 0 saturated heterocycles. The summed E-state index contributed by atoms with van der Waals surface area (Å²) in [7, 11) is 3.35. The third-order valence-electron chi connectivity index (χ3n) is 3.93. The first kappa shape index (κ1) is 23.5. The lowest BCUT2D eigenvalue weighted by Gasteiger charge is -2.29. The smallest absolute Gasteiger partial charge is 0.408 e.